The standard InChI is InChI=1S/C53H70/c1-10-35-52(7,8)38-44-20-18-23-48(31-27-44)49-32-34-51(39(4)36-49)53(9,41(6)47-29-25-42(11-2)26-30-47)50-24-17-16-19-43(28-33-50)37-45(12-3)40(5)46-21-14-13-15-22-46/h10,13-15,17,19,21-22,24-26,29-30,32-36,40,44-45,48H,6,11-12,16,18,20,23,27-28,31,37-38H2,1-5,7-9H3/b24-17-,35-10?,43-19+,50-33+/t40-,44?,45?,48?,53?/m0/s1. The van der Waals surface area contributed by atoms with Crippen LogP contribution in [-0.4, -0.2) is 0 Å². The molecule has 282 valence electrons. The molecule has 0 heterocycles. The van der Waals surface area contributed by atoms with Crippen molar-refractivity contribution in [2.24, 2.45) is 17.3 Å². The minimum Gasteiger partial charge on any atom is -0.0940 e. The van der Waals surface area contributed by atoms with Gasteiger partial charge in [-0.15, -0.1) is 0 Å². The molecule has 0 amide bonds. The fourth-order valence-corrected chi connectivity index (χ4v) is 9.80. The van der Waals surface area contributed by atoms with Gasteiger partial charge in [0.15, 0.2) is 0 Å². The summed E-state index contributed by atoms with van der Waals surface area (Å²) >= 11 is 0. The van der Waals surface area contributed by atoms with E-state index in [9.17, 15) is 0 Å². The predicted molar refractivity (Wildman–Crippen MR) is 234 cm³/mol. The zero-order valence-electron chi connectivity index (χ0n) is 34.7. The van der Waals surface area contributed by atoms with Gasteiger partial charge in [0, 0.05) is 5.41 Å². The van der Waals surface area contributed by atoms with Gasteiger partial charge in [0.1, 0.15) is 0 Å². The molecule has 1 fully saturated rings. The summed E-state index contributed by atoms with van der Waals surface area (Å²) in [6, 6.07) is 27.8. The molecule has 3 aromatic rings. The Hall–Kier alpha value is -3.64. The van der Waals surface area contributed by atoms with E-state index in [1.807, 2.05) is 0 Å². The van der Waals surface area contributed by atoms with Crippen molar-refractivity contribution in [1.29, 1.82) is 0 Å². The molecule has 0 spiro atoms. The summed E-state index contributed by atoms with van der Waals surface area (Å²) in [7, 11) is 0. The molecule has 5 rings (SSSR count). The molecule has 0 N–H and O–H groups in total. The number of benzene rings is 3. The van der Waals surface area contributed by atoms with E-state index in [1.54, 1.807) is 5.57 Å². The average molecular weight is 707 g/mol. The smallest absolute Gasteiger partial charge is 0.0422 e. The van der Waals surface area contributed by atoms with E-state index in [-0.39, 0.29) is 10.8 Å². The molecule has 0 saturated heterocycles. The van der Waals surface area contributed by atoms with E-state index < -0.39 is 0 Å². The van der Waals surface area contributed by atoms with Crippen molar-refractivity contribution in [2.45, 2.75) is 143 Å². The van der Waals surface area contributed by atoms with Crippen LogP contribution in [0.4, 0.5) is 0 Å². The van der Waals surface area contributed by atoms with Gasteiger partial charge in [-0.3, -0.25) is 0 Å². The molecule has 0 radical (unpaired) electrons. The minimum atomic E-state index is -0.357. The number of allylic oxidation sites excluding steroid dienone is 9. The van der Waals surface area contributed by atoms with E-state index >= 15 is 0 Å². The third-order valence-electron chi connectivity index (χ3n) is 13.2. The lowest BCUT2D eigenvalue weighted by atomic mass is 9.66. The van der Waals surface area contributed by atoms with E-state index in [0.717, 1.165) is 31.6 Å². The van der Waals surface area contributed by atoms with Crippen LogP contribution >= 0.6 is 0 Å². The van der Waals surface area contributed by atoms with Crippen LogP contribution < -0.4 is 0 Å². The van der Waals surface area contributed by atoms with Crippen LogP contribution in [0.1, 0.15) is 158 Å². The minimum absolute atomic E-state index is 0.288. The average Bonchev–Trinajstić information content (AvgIpc) is 3.39. The van der Waals surface area contributed by atoms with Crippen molar-refractivity contribution in [3.8, 4) is 0 Å². The Morgan fingerprint density at radius 2 is 1.66 bits per heavy atom. The molecule has 3 aromatic carbocycles. The molecule has 0 nitrogen and oxygen atoms in total. The van der Waals surface area contributed by atoms with Gasteiger partial charge < -0.3 is 0 Å². The zero-order chi connectivity index (χ0) is 38.0. The maximum absolute atomic E-state index is 4.92. The highest BCUT2D eigenvalue weighted by Crippen LogP contribution is 2.47. The maximum atomic E-state index is 4.92. The van der Waals surface area contributed by atoms with E-state index in [4.69, 9.17) is 6.58 Å². The van der Waals surface area contributed by atoms with Gasteiger partial charge >= 0.3 is 0 Å². The van der Waals surface area contributed by atoms with Gasteiger partial charge in [-0.05, 0) is 146 Å². The van der Waals surface area contributed by atoms with Crippen molar-refractivity contribution >= 4 is 5.57 Å². The molecule has 53 heavy (non-hydrogen) atoms. The molecule has 0 heteroatoms. The first-order valence-corrected chi connectivity index (χ1v) is 21.1. The molecule has 5 atom stereocenters. The fraction of sp³-hybridized carbons (Fsp3) is 0.472. The van der Waals surface area contributed by atoms with Crippen LogP contribution in [0, 0.1) is 24.2 Å². The van der Waals surface area contributed by atoms with Crippen molar-refractivity contribution in [2.75, 3.05) is 0 Å². The summed E-state index contributed by atoms with van der Waals surface area (Å²) in [5, 5.41) is 0. The van der Waals surface area contributed by atoms with Crippen LogP contribution in [0.2, 0.25) is 0 Å². The Bertz CT molecular complexity index is 1760. The molecule has 0 aliphatic heterocycles. The van der Waals surface area contributed by atoms with Gasteiger partial charge in [-0.25, -0.2) is 0 Å². The molecule has 2 aliphatic carbocycles. The van der Waals surface area contributed by atoms with Gasteiger partial charge in [0.25, 0.3) is 0 Å². The summed E-state index contributed by atoms with van der Waals surface area (Å²) in [6.07, 6.45) is 27.8. The highest BCUT2D eigenvalue weighted by Gasteiger charge is 2.36. The first kappa shape index (κ1) is 40.5. The third-order valence-corrected chi connectivity index (χ3v) is 13.2. The number of aryl methyl sites for hydroxylation is 2. The van der Waals surface area contributed by atoms with Crippen LogP contribution in [0.5, 0.6) is 0 Å². The Balaban J connectivity index is 1.45. The highest BCUT2D eigenvalue weighted by atomic mass is 14.4. The normalized spacial score (nSPS) is 23.3. The SMILES string of the molecule is C=C(c1ccc(CC)cc1)C(C)(C1=C/C/C(CC(CC)[C@H](C)c2ccccc2)=C\C/C=C\1)c1ccc(C2CCCC(CC(C)(C)C=CC)CC2)cc1C. The molecular formula is C53H70. The third kappa shape index (κ3) is 10.1. The number of hydrogen-bond donors (Lipinski definition) is 0. The summed E-state index contributed by atoms with van der Waals surface area (Å²) in [5.41, 5.74) is 12.4. The van der Waals surface area contributed by atoms with Gasteiger partial charge in [0.05, 0.1) is 0 Å². The Labute approximate surface area is 325 Å². The van der Waals surface area contributed by atoms with Crippen molar-refractivity contribution < 1.29 is 0 Å². The summed E-state index contributed by atoms with van der Waals surface area (Å²) in [4.78, 5) is 0. The number of rotatable bonds is 14. The maximum Gasteiger partial charge on any atom is 0.0422 e. The summed E-state index contributed by atoms with van der Waals surface area (Å²) in [6.45, 7) is 23.7. The molecule has 1 saturated carbocycles. The fourth-order valence-electron chi connectivity index (χ4n) is 9.80. The Morgan fingerprint density at radius 1 is 0.906 bits per heavy atom. The largest absolute Gasteiger partial charge is 0.0940 e. The van der Waals surface area contributed by atoms with E-state index in [2.05, 4.69) is 165 Å². The van der Waals surface area contributed by atoms with Gasteiger partial charge in [0.2, 0.25) is 0 Å². The van der Waals surface area contributed by atoms with Gasteiger partial charge in [-0.1, -0.05) is 175 Å². The van der Waals surface area contributed by atoms with Crippen molar-refractivity contribution in [1.82, 2.24) is 0 Å². The topological polar surface area (TPSA) is 0 Å². The van der Waals surface area contributed by atoms with Crippen molar-refractivity contribution in [3.05, 3.63) is 160 Å². The monoisotopic (exact) mass is 707 g/mol. The highest BCUT2D eigenvalue weighted by molar-refractivity contribution is 5.79. The predicted octanol–water partition coefficient (Wildman–Crippen LogP) is 15.6. The van der Waals surface area contributed by atoms with Crippen LogP contribution in [0.3, 0.4) is 0 Å². The van der Waals surface area contributed by atoms with Gasteiger partial charge in [-0.2, -0.15) is 0 Å². The molecular weight excluding hydrogens is 637 g/mol. The van der Waals surface area contributed by atoms with E-state index in [1.165, 1.54) is 89.5 Å². The van der Waals surface area contributed by atoms with E-state index in [0.29, 0.717) is 17.8 Å². The Morgan fingerprint density at radius 3 is 2.34 bits per heavy atom. The second kappa shape index (κ2) is 18.6. The summed E-state index contributed by atoms with van der Waals surface area (Å²) in [5.74, 6) is 2.62. The van der Waals surface area contributed by atoms with Crippen LogP contribution in [0.25, 0.3) is 5.57 Å². The lowest BCUT2D eigenvalue weighted by Crippen LogP contribution is -2.27. The second-order valence-electron chi connectivity index (χ2n) is 17.4. The summed E-state index contributed by atoms with van der Waals surface area (Å²) < 4.78 is 0. The zero-order valence-corrected chi connectivity index (χ0v) is 34.7. The molecule has 4 unspecified atom stereocenters. The lowest BCUT2D eigenvalue weighted by molar-refractivity contribution is 0.304. The molecule has 0 bridgehead atoms. The van der Waals surface area contributed by atoms with Crippen LogP contribution in [0.15, 0.2) is 127 Å². The Kier molecular flexibility index (Phi) is 14.2. The first-order chi connectivity index (χ1) is 25.5. The lowest BCUT2D eigenvalue weighted by Gasteiger charge is -2.37. The molecule has 2 aliphatic rings. The second-order valence-corrected chi connectivity index (χ2v) is 17.4. The van der Waals surface area contributed by atoms with Crippen molar-refractivity contribution in [3.63, 3.8) is 0 Å². The first-order valence-electron chi connectivity index (χ1n) is 21.1. The van der Waals surface area contributed by atoms with Crippen LogP contribution in [-0.2, 0) is 11.8 Å². The quantitative estimate of drug-likeness (QED) is 0.116. The molecule has 0 aromatic heterocycles. The number of hydrogen-bond acceptors (Lipinski definition) is 0.